The third-order valence-corrected chi connectivity index (χ3v) is 2.32. The van der Waals surface area contributed by atoms with E-state index in [4.69, 9.17) is 5.73 Å². The fourth-order valence-corrected chi connectivity index (χ4v) is 1.34. The summed E-state index contributed by atoms with van der Waals surface area (Å²) in [6, 6.07) is 8.15. The highest BCUT2D eigenvalue weighted by molar-refractivity contribution is 5.83. The smallest absolute Gasteiger partial charge is 0.329 e. The van der Waals surface area contributed by atoms with Crippen molar-refractivity contribution in [2.45, 2.75) is 12.6 Å². The van der Waals surface area contributed by atoms with Crippen molar-refractivity contribution in [3.63, 3.8) is 0 Å². The van der Waals surface area contributed by atoms with Crippen molar-refractivity contribution < 1.29 is 14.3 Å². The topological polar surface area (TPSA) is 93.4 Å². The summed E-state index contributed by atoms with van der Waals surface area (Å²) < 4.78 is 4.51. The lowest BCUT2D eigenvalue weighted by Crippen LogP contribution is -2.49. The zero-order chi connectivity index (χ0) is 13.4. The highest BCUT2D eigenvalue weighted by Gasteiger charge is 2.19. The molecule has 6 nitrogen and oxygen atoms in total. The van der Waals surface area contributed by atoms with Gasteiger partial charge in [0.2, 0.25) is 0 Å². The first-order valence-corrected chi connectivity index (χ1v) is 5.53. The summed E-state index contributed by atoms with van der Waals surface area (Å²) in [6.07, 6.45) is 0. The van der Waals surface area contributed by atoms with Gasteiger partial charge in [0, 0.05) is 13.1 Å². The number of hydrogen-bond acceptors (Lipinski definition) is 4. The van der Waals surface area contributed by atoms with Crippen LogP contribution in [-0.4, -0.2) is 31.7 Å². The SMILES string of the molecule is COC(=O)[C@H](CN)NC(=O)NCc1ccccc1. The molecule has 0 saturated heterocycles. The second kappa shape index (κ2) is 7.29. The van der Waals surface area contributed by atoms with Gasteiger partial charge >= 0.3 is 12.0 Å². The van der Waals surface area contributed by atoms with Gasteiger partial charge in [-0.2, -0.15) is 0 Å². The van der Waals surface area contributed by atoms with Crippen molar-refractivity contribution in [3.8, 4) is 0 Å². The van der Waals surface area contributed by atoms with Gasteiger partial charge < -0.3 is 21.1 Å². The average Bonchev–Trinajstić information content (AvgIpc) is 2.42. The van der Waals surface area contributed by atoms with Crippen LogP contribution in [0.3, 0.4) is 0 Å². The molecule has 0 heterocycles. The van der Waals surface area contributed by atoms with Gasteiger partial charge in [0.05, 0.1) is 7.11 Å². The number of hydrogen-bond donors (Lipinski definition) is 3. The molecule has 0 spiro atoms. The fourth-order valence-electron chi connectivity index (χ4n) is 1.34. The Morgan fingerprint density at radius 2 is 2.00 bits per heavy atom. The van der Waals surface area contributed by atoms with Gasteiger partial charge in [-0.25, -0.2) is 9.59 Å². The number of ether oxygens (including phenoxy) is 1. The molecule has 6 heteroatoms. The maximum absolute atomic E-state index is 11.5. The number of nitrogens with two attached hydrogens (primary N) is 1. The molecule has 18 heavy (non-hydrogen) atoms. The lowest BCUT2D eigenvalue weighted by molar-refractivity contribution is -0.142. The molecule has 0 aliphatic heterocycles. The summed E-state index contributed by atoms with van der Waals surface area (Å²) in [5, 5.41) is 5.07. The number of nitrogens with one attached hydrogen (secondary N) is 2. The van der Waals surface area contributed by atoms with Gasteiger partial charge in [0.15, 0.2) is 0 Å². The standard InChI is InChI=1S/C12H17N3O3/c1-18-11(16)10(7-13)15-12(17)14-8-9-5-3-2-4-6-9/h2-6,10H,7-8,13H2,1H3,(H2,14,15,17)/t10-/m0/s1. The Morgan fingerprint density at radius 3 is 2.56 bits per heavy atom. The maximum atomic E-state index is 11.5. The second-order valence-corrected chi connectivity index (χ2v) is 3.62. The molecule has 0 fully saturated rings. The lowest BCUT2D eigenvalue weighted by atomic mass is 10.2. The predicted octanol–water partition coefficient (Wildman–Crippen LogP) is -0.0139. The predicted molar refractivity (Wildman–Crippen MR) is 66.7 cm³/mol. The van der Waals surface area contributed by atoms with E-state index in [0.29, 0.717) is 6.54 Å². The molecule has 1 rings (SSSR count). The van der Waals surface area contributed by atoms with E-state index in [-0.39, 0.29) is 6.54 Å². The minimum Gasteiger partial charge on any atom is -0.467 e. The number of carbonyl (C=O) groups is 2. The molecular formula is C12H17N3O3. The Kier molecular flexibility index (Phi) is 5.66. The number of urea groups is 1. The molecule has 0 saturated carbocycles. The molecule has 0 radical (unpaired) electrons. The van der Waals surface area contributed by atoms with E-state index in [1.165, 1.54) is 7.11 Å². The summed E-state index contributed by atoms with van der Waals surface area (Å²) in [5.41, 5.74) is 6.33. The van der Waals surface area contributed by atoms with Crippen LogP contribution in [0.1, 0.15) is 5.56 Å². The second-order valence-electron chi connectivity index (χ2n) is 3.62. The minimum absolute atomic E-state index is 0.00850. The quantitative estimate of drug-likeness (QED) is 0.641. The Hall–Kier alpha value is -2.08. The number of methoxy groups -OCH3 is 1. The van der Waals surface area contributed by atoms with Crippen LogP contribution >= 0.6 is 0 Å². The molecule has 2 amide bonds. The van der Waals surface area contributed by atoms with Crippen molar-refractivity contribution in [1.82, 2.24) is 10.6 Å². The van der Waals surface area contributed by atoms with Crippen LogP contribution in [0.25, 0.3) is 0 Å². The Bertz CT molecular complexity index is 395. The molecule has 0 bridgehead atoms. The number of rotatable bonds is 5. The largest absolute Gasteiger partial charge is 0.467 e. The zero-order valence-electron chi connectivity index (χ0n) is 10.2. The highest BCUT2D eigenvalue weighted by atomic mass is 16.5. The monoisotopic (exact) mass is 251 g/mol. The van der Waals surface area contributed by atoms with Crippen molar-refractivity contribution >= 4 is 12.0 Å². The summed E-state index contributed by atoms with van der Waals surface area (Å²) in [7, 11) is 1.24. The first-order valence-electron chi connectivity index (χ1n) is 5.53. The number of benzene rings is 1. The fraction of sp³-hybridized carbons (Fsp3) is 0.333. The summed E-state index contributed by atoms with van der Waals surface area (Å²) in [5.74, 6) is -0.563. The molecule has 1 aromatic rings. The van der Waals surface area contributed by atoms with Gasteiger partial charge in [-0.15, -0.1) is 0 Å². The van der Waals surface area contributed by atoms with E-state index in [1.54, 1.807) is 0 Å². The minimum atomic E-state index is -0.828. The molecule has 98 valence electrons. The Balaban J connectivity index is 2.39. The third kappa shape index (κ3) is 4.42. The van der Waals surface area contributed by atoms with E-state index in [9.17, 15) is 9.59 Å². The number of carbonyl (C=O) groups excluding carboxylic acids is 2. The van der Waals surface area contributed by atoms with Gasteiger partial charge in [0.1, 0.15) is 6.04 Å². The number of amides is 2. The van der Waals surface area contributed by atoms with Crippen LogP contribution in [0, 0.1) is 0 Å². The van der Waals surface area contributed by atoms with Gasteiger partial charge in [-0.3, -0.25) is 0 Å². The van der Waals surface area contributed by atoms with E-state index in [2.05, 4.69) is 15.4 Å². The summed E-state index contributed by atoms with van der Waals surface area (Å²) in [4.78, 5) is 22.7. The van der Waals surface area contributed by atoms with Crippen molar-refractivity contribution in [1.29, 1.82) is 0 Å². The molecule has 0 aliphatic rings. The lowest BCUT2D eigenvalue weighted by Gasteiger charge is -2.14. The first-order chi connectivity index (χ1) is 8.67. The van der Waals surface area contributed by atoms with Gasteiger partial charge in [0.25, 0.3) is 0 Å². The van der Waals surface area contributed by atoms with E-state index in [1.807, 2.05) is 30.3 Å². The molecule has 0 unspecified atom stereocenters. The average molecular weight is 251 g/mol. The van der Waals surface area contributed by atoms with Crippen molar-refractivity contribution in [2.24, 2.45) is 5.73 Å². The van der Waals surface area contributed by atoms with Crippen LogP contribution in [0.4, 0.5) is 4.79 Å². The van der Waals surface area contributed by atoms with Crippen molar-refractivity contribution in [2.75, 3.05) is 13.7 Å². The maximum Gasteiger partial charge on any atom is 0.329 e. The van der Waals surface area contributed by atoms with Crippen LogP contribution in [-0.2, 0) is 16.1 Å². The summed E-state index contributed by atoms with van der Waals surface area (Å²) >= 11 is 0. The molecule has 0 aliphatic carbocycles. The van der Waals surface area contributed by atoms with Crippen LogP contribution in [0.5, 0.6) is 0 Å². The highest BCUT2D eigenvalue weighted by Crippen LogP contribution is 1.97. The van der Waals surface area contributed by atoms with Gasteiger partial charge in [-0.05, 0) is 5.56 Å². The van der Waals surface area contributed by atoms with E-state index >= 15 is 0 Å². The molecule has 0 aromatic heterocycles. The van der Waals surface area contributed by atoms with Crippen LogP contribution < -0.4 is 16.4 Å². The number of esters is 1. The Morgan fingerprint density at radius 1 is 1.33 bits per heavy atom. The first kappa shape index (κ1) is 14.0. The van der Waals surface area contributed by atoms with Crippen LogP contribution in [0.15, 0.2) is 30.3 Å². The van der Waals surface area contributed by atoms with E-state index in [0.717, 1.165) is 5.56 Å². The molecule has 1 aromatic carbocycles. The molecular weight excluding hydrogens is 234 g/mol. The van der Waals surface area contributed by atoms with E-state index < -0.39 is 18.0 Å². The third-order valence-electron chi connectivity index (χ3n) is 2.32. The van der Waals surface area contributed by atoms with Crippen molar-refractivity contribution in [3.05, 3.63) is 35.9 Å². The zero-order valence-corrected chi connectivity index (χ0v) is 10.2. The van der Waals surface area contributed by atoms with Crippen LogP contribution in [0.2, 0.25) is 0 Å². The Labute approximate surface area is 105 Å². The van der Waals surface area contributed by atoms with Gasteiger partial charge in [-0.1, -0.05) is 30.3 Å². The normalized spacial score (nSPS) is 11.4. The summed E-state index contributed by atoms with van der Waals surface area (Å²) in [6.45, 7) is 0.372. The molecule has 4 N–H and O–H groups in total. The molecule has 1 atom stereocenters.